The molecule has 0 amide bonds. The van der Waals surface area contributed by atoms with Crippen molar-refractivity contribution in [2.24, 2.45) is 4.99 Å². The molecule has 0 unspecified atom stereocenters. The van der Waals surface area contributed by atoms with Gasteiger partial charge in [-0.05, 0) is 42.7 Å². The van der Waals surface area contributed by atoms with Crippen LogP contribution in [0, 0.1) is 0 Å². The van der Waals surface area contributed by atoms with Crippen molar-refractivity contribution in [3.05, 3.63) is 69.7 Å². The molecule has 0 bridgehead atoms. The summed E-state index contributed by atoms with van der Waals surface area (Å²) in [6, 6.07) is 16.0. The third-order valence-corrected chi connectivity index (χ3v) is 3.69. The van der Waals surface area contributed by atoms with Crippen molar-refractivity contribution < 1.29 is 0 Å². The van der Waals surface area contributed by atoms with Crippen molar-refractivity contribution in [1.82, 2.24) is 0 Å². The lowest BCUT2D eigenvalue weighted by molar-refractivity contribution is 0.742. The smallest absolute Gasteiger partial charge is 0.0508 e. The molecule has 0 heterocycles. The zero-order chi connectivity index (χ0) is 14.4. The monoisotopic (exact) mass is 305 g/mol. The fourth-order valence-corrected chi connectivity index (χ4v) is 2.33. The Balaban J connectivity index is 1.88. The zero-order valence-corrected chi connectivity index (χ0v) is 12.9. The Hall–Kier alpha value is -1.31. The van der Waals surface area contributed by atoms with Crippen molar-refractivity contribution in [2.45, 2.75) is 25.8 Å². The summed E-state index contributed by atoms with van der Waals surface area (Å²) in [7, 11) is 0. The van der Waals surface area contributed by atoms with Crippen molar-refractivity contribution in [3.8, 4) is 0 Å². The topological polar surface area (TPSA) is 12.4 Å². The first-order chi connectivity index (χ1) is 9.65. The van der Waals surface area contributed by atoms with Crippen LogP contribution in [0.3, 0.4) is 0 Å². The molecular formula is C17H17Cl2N. The van der Waals surface area contributed by atoms with Crippen molar-refractivity contribution >= 4 is 29.4 Å². The summed E-state index contributed by atoms with van der Waals surface area (Å²) in [5.74, 6) is 0. The summed E-state index contributed by atoms with van der Waals surface area (Å²) in [5.41, 5.74) is 2.36. The van der Waals surface area contributed by atoms with Crippen molar-refractivity contribution in [1.29, 1.82) is 0 Å². The average molecular weight is 306 g/mol. The molecule has 0 radical (unpaired) electrons. The van der Waals surface area contributed by atoms with E-state index in [0.29, 0.717) is 0 Å². The lowest BCUT2D eigenvalue weighted by Gasteiger charge is -2.08. The van der Waals surface area contributed by atoms with Crippen LogP contribution in [-0.4, -0.2) is 12.3 Å². The molecule has 20 heavy (non-hydrogen) atoms. The van der Waals surface area contributed by atoms with Crippen LogP contribution in [0.1, 0.15) is 18.1 Å². The summed E-state index contributed by atoms with van der Waals surface area (Å²) >= 11 is 12.0. The van der Waals surface area contributed by atoms with Crippen LogP contribution < -0.4 is 0 Å². The highest BCUT2D eigenvalue weighted by Gasteiger charge is 2.04. The molecule has 1 nitrogen and oxygen atoms in total. The lowest BCUT2D eigenvalue weighted by atomic mass is 10.1. The van der Waals surface area contributed by atoms with E-state index < -0.39 is 0 Å². The van der Waals surface area contributed by atoms with Gasteiger partial charge in [-0.2, -0.15) is 0 Å². The largest absolute Gasteiger partial charge is 0.294 e. The first kappa shape index (κ1) is 15.1. The molecule has 0 aromatic heterocycles. The van der Waals surface area contributed by atoms with E-state index in [1.807, 2.05) is 54.7 Å². The fourth-order valence-electron chi connectivity index (χ4n) is 1.99. The number of hydrogen-bond donors (Lipinski definition) is 0. The van der Waals surface area contributed by atoms with Crippen LogP contribution in [0.5, 0.6) is 0 Å². The van der Waals surface area contributed by atoms with Crippen molar-refractivity contribution in [2.75, 3.05) is 0 Å². The molecule has 0 saturated carbocycles. The van der Waals surface area contributed by atoms with Gasteiger partial charge in [0, 0.05) is 22.7 Å². The van der Waals surface area contributed by atoms with Crippen LogP contribution in [-0.2, 0) is 12.8 Å². The van der Waals surface area contributed by atoms with Gasteiger partial charge >= 0.3 is 0 Å². The van der Waals surface area contributed by atoms with Gasteiger partial charge in [0.1, 0.15) is 0 Å². The highest BCUT2D eigenvalue weighted by Crippen LogP contribution is 2.17. The summed E-state index contributed by atoms with van der Waals surface area (Å²) in [4.78, 5) is 4.56. The third kappa shape index (κ3) is 4.66. The Kier molecular flexibility index (Phi) is 5.63. The van der Waals surface area contributed by atoms with Crippen LogP contribution in [0.2, 0.25) is 10.0 Å². The zero-order valence-electron chi connectivity index (χ0n) is 11.4. The second-order valence-corrected chi connectivity index (χ2v) is 5.65. The van der Waals surface area contributed by atoms with E-state index in [2.05, 4.69) is 11.9 Å². The van der Waals surface area contributed by atoms with Gasteiger partial charge in [0.05, 0.1) is 6.04 Å². The van der Waals surface area contributed by atoms with E-state index >= 15 is 0 Å². The number of rotatable bonds is 5. The first-order valence-electron chi connectivity index (χ1n) is 6.64. The minimum Gasteiger partial charge on any atom is -0.294 e. The Morgan fingerprint density at radius 3 is 2.45 bits per heavy atom. The maximum absolute atomic E-state index is 6.15. The Morgan fingerprint density at radius 1 is 1.05 bits per heavy atom. The number of aliphatic imine (C=N–C) groups is 1. The van der Waals surface area contributed by atoms with Gasteiger partial charge in [-0.3, -0.25) is 4.99 Å². The van der Waals surface area contributed by atoms with Gasteiger partial charge in [-0.1, -0.05) is 53.5 Å². The Morgan fingerprint density at radius 2 is 1.75 bits per heavy atom. The van der Waals surface area contributed by atoms with Gasteiger partial charge in [0.25, 0.3) is 0 Å². The maximum Gasteiger partial charge on any atom is 0.0508 e. The summed E-state index contributed by atoms with van der Waals surface area (Å²) in [6.07, 6.45) is 3.64. The van der Waals surface area contributed by atoms with E-state index in [-0.39, 0.29) is 6.04 Å². The molecule has 0 saturated heterocycles. The third-order valence-electron chi connectivity index (χ3n) is 3.07. The molecule has 0 spiro atoms. The highest BCUT2D eigenvalue weighted by atomic mass is 35.5. The Labute approximate surface area is 130 Å². The van der Waals surface area contributed by atoms with Crippen molar-refractivity contribution in [3.63, 3.8) is 0 Å². The molecule has 0 aliphatic carbocycles. The molecule has 1 atom stereocenters. The van der Waals surface area contributed by atoms with Gasteiger partial charge in [-0.25, -0.2) is 0 Å². The average Bonchev–Trinajstić information content (AvgIpc) is 2.44. The molecule has 2 aromatic rings. The van der Waals surface area contributed by atoms with Crippen LogP contribution in [0.15, 0.2) is 53.5 Å². The molecule has 0 N–H and O–H groups in total. The maximum atomic E-state index is 6.15. The molecule has 0 fully saturated rings. The fraction of sp³-hybridized carbons (Fsp3) is 0.235. The molecule has 3 heteroatoms. The minimum atomic E-state index is 0.224. The lowest BCUT2D eigenvalue weighted by Crippen LogP contribution is -2.04. The molecule has 2 rings (SSSR count). The van der Waals surface area contributed by atoms with Gasteiger partial charge < -0.3 is 0 Å². The van der Waals surface area contributed by atoms with E-state index in [9.17, 15) is 0 Å². The van der Waals surface area contributed by atoms with Crippen LogP contribution >= 0.6 is 23.2 Å². The normalized spacial score (nSPS) is 12.8. The molecule has 0 aliphatic heterocycles. The second-order valence-electron chi connectivity index (χ2n) is 4.81. The van der Waals surface area contributed by atoms with E-state index in [0.717, 1.165) is 28.5 Å². The quantitative estimate of drug-likeness (QED) is 0.670. The van der Waals surface area contributed by atoms with Gasteiger partial charge in [0.15, 0.2) is 0 Å². The van der Waals surface area contributed by atoms with E-state index in [1.54, 1.807) is 0 Å². The van der Waals surface area contributed by atoms with Crippen LogP contribution in [0.25, 0.3) is 0 Å². The number of benzene rings is 2. The highest BCUT2D eigenvalue weighted by molar-refractivity contribution is 6.31. The second kappa shape index (κ2) is 7.47. The number of halogens is 2. The first-order valence-corrected chi connectivity index (χ1v) is 7.40. The van der Waals surface area contributed by atoms with Gasteiger partial charge in [-0.15, -0.1) is 0 Å². The molecule has 104 valence electrons. The predicted octanol–water partition coefficient (Wildman–Crippen LogP) is 5.24. The molecule has 0 aliphatic rings. The summed E-state index contributed by atoms with van der Waals surface area (Å²) in [6.45, 7) is 2.10. The van der Waals surface area contributed by atoms with Gasteiger partial charge in [0.2, 0.25) is 0 Å². The summed E-state index contributed by atoms with van der Waals surface area (Å²) in [5, 5.41) is 1.57. The minimum absolute atomic E-state index is 0.224. The Bertz CT molecular complexity index is 576. The predicted molar refractivity (Wildman–Crippen MR) is 88.3 cm³/mol. The number of hydrogen-bond acceptors (Lipinski definition) is 1. The number of nitrogens with zero attached hydrogens (tertiary/aromatic N) is 1. The van der Waals surface area contributed by atoms with Crippen LogP contribution in [0.4, 0.5) is 0 Å². The standard InChI is InChI=1S/C17H17Cl2N/c1-13(12-15-4-2-3-5-17(15)19)20-11-10-14-6-8-16(18)9-7-14/h2-9,11,13H,10,12H2,1H3/t13-/m1/s1. The van der Waals surface area contributed by atoms with E-state index in [4.69, 9.17) is 23.2 Å². The SMILES string of the molecule is C[C@H](Cc1ccccc1Cl)N=CCc1ccc(Cl)cc1. The molecule has 2 aromatic carbocycles. The molecular weight excluding hydrogens is 289 g/mol. The summed E-state index contributed by atoms with van der Waals surface area (Å²) < 4.78 is 0. The van der Waals surface area contributed by atoms with E-state index in [1.165, 1.54) is 5.56 Å².